The maximum absolute atomic E-state index is 12.6. The van der Waals surface area contributed by atoms with Crippen LogP contribution in [0.25, 0.3) is 16.9 Å². The number of anilines is 2. The van der Waals surface area contributed by atoms with Crippen molar-refractivity contribution in [2.24, 2.45) is 0 Å². The van der Waals surface area contributed by atoms with E-state index in [0.717, 1.165) is 16.9 Å². The summed E-state index contributed by atoms with van der Waals surface area (Å²) in [7, 11) is 0. The predicted octanol–water partition coefficient (Wildman–Crippen LogP) is 5.51. The highest BCUT2D eigenvalue weighted by molar-refractivity contribution is 6.06. The fourth-order valence-corrected chi connectivity index (χ4v) is 3.50. The van der Waals surface area contributed by atoms with Crippen LogP contribution in [-0.2, 0) is 0 Å². The van der Waals surface area contributed by atoms with Gasteiger partial charge in [-0.15, -0.1) is 0 Å². The van der Waals surface area contributed by atoms with Crippen LogP contribution in [0.5, 0.6) is 0 Å². The molecule has 0 aliphatic heterocycles. The van der Waals surface area contributed by atoms with Crippen molar-refractivity contribution in [2.75, 3.05) is 10.6 Å². The second-order valence-electron chi connectivity index (χ2n) is 7.52. The van der Waals surface area contributed by atoms with Crippen LogP contribution in [0.15, 0.2) is 109 Å². The van der Waals surface area contributed by atoms with Gasteiger partial charge in [-0.25, -0.2) is 4.98 Å². The van der Waals surface area contributed by atoms with E-state index < -0.39 is 0 Å². The number of benzene rings is 3. The van der Waals surface area contributed by atoms with Crippen LogP contribution < -0.4 is 10.6 Å². The van der Waals surface area contributed by atoms with Gasteiger partial charge in [0, 0.05) is 40.5 Å². The molecule has 2 N–H and O–H groups in total. The third-order valence-electron chi connectivity index (χ3n) is 5.24. The molecule has 2 heterocycles. The number of hydrogen-bond acceptors (Lipinski definition) is 3. The molecule has 0 aliphatic carbocycles. The van der Waals surface area contributed by atoms with Gasteiger partial charge in [0.1, 0.15) is 5.65 Å². The Morgan fingerprint density at radius 3 is 1.85 bits per heavy atom. The number of nitrogens with one attached hydrogen (secondary N) is 2. The smallest absolute Gasteiger partial charge is 0.255 e. The van der Waals surface area contributed by atoms with Gasteiger partial charge >= 0.3 is 0 Å². The van der Waals surface area contributed by atoms with E-state index in [1.807, 2.05) is 77.5 Å². The summed E-state index contributed by atoms with van der Waals surface area (Å²) in [5.41, 5.74) is 5.10. The molecule has 6 heteroatoms. The van der Waals surface area contributed by atoms with Crippen LogP contribution in [0, 0.1) is 0 Å². The average Bonchev–Trinajstić information content (AvgIpc) is 3.30. The lowest BCUT2D eigenvalue weighted by molar-refractivity contribution is 0.102. The fourth-order valence-electron chi connectivity index (χ4n) is 3.50. The Labute approximate surface area is 190 Å². The number of amides is 2. The Morgan fingerprint density at radius 2 is 1.21 bits per heavy atom. The van der Waals surface area contributed by atoms with E-state index in [9.17, 15) is 9.59 Å². The maximum Gasteiger partial charge on any atom is 0.255 e. The molecule has 6 nitrogen and oxygen atoms in total. The van der Waals surface area contributed by atoms with Gasteiger partial charge < -0.3 is 15.0 Å². The third-order valence-corrected chi connectivity index (χ3v) is 5.24. The normalized spacial score (nSPS) is 10.7. The molecule has 0 unspecified atom stereocenters. The Hall–Kier alpha value is -4.71. The number of aromatic nitrogens is 2. The average molecular weight is 432 g/mol. The van der Waals surface area contributed by atoms with Crippen molar-refractivity contribution in [1.82, 2.24) is 9.38 Å². The molecule has 33 heavy (non-hydrogen) atoms. The predicted molar refractivity (Wildman–Crippen MR) is 129 cm³/mol. The fraction of sp³-hybridized carbons (Fsp3) is 0. The number of nitrogens with zero attached hydrogens (tertiary/aromatic N) is 2. The summed E-state index contributed by atoms with van der Waals surface area (Å²) in [5.74, 6) is -0.421. The van der Waals surface area contributed by atoms with Gasteiger partial charge in [-0.05, 0) is 60.7 Å². The molecule has 0 bridgehead atoms. The topological polar surface area (TPSA) is 75.5 Å². The molecule has 2 amide bonds. The third kappa shape index (κ3) is 4.50. The first-order chi connectivity index (χ1) is 16.2. The Balaban J connectivity index is 1.23. The monoisotopic (exact) mass is 432 g/mol. The molecule has 0 saturated heterocycles. The van der Waals surface area contributed by atoms with Crippen molar-refractivity contribution in [3.05, 3.63) is 121 Å². The minimum atomic E-state index is -0.226. The van der Waals surface area contributed by atoms with Crippen LogP contribution in [0.4, 0.5) is 11.4 Å². The Kier molecular flexibility index (Phi) is 5.39. The van der Waals surface area contributed by atoms with Gasteiger partial charge in [-0.3, -0.25) is 9.59 Å². The highest BCUT2D eigenvalue weighted by Crippen LogP contribution is 2.22. The van der Waals surface area contributed by atoms with E-state index in [0.29, 0.717) is 22.5 Å². The highest BCUT2D eigenvalue weighted by Gasteiger charge is 2.09. The molecule has 5 aromatic rings. The number of fused-ring (bicyclic) bond motifs is 1. The molecule has 0 saturated carbocycles. The standard InChI is InChI=1S/C27H20N4O2/c32-26(20-6-2-1-3-7-20)28-23-15-11-21(12-16-23)27(33)29-22-13-9-19(10-14-22)24-18-31-17-5-4-8-25(31)30-24/h1-18H,(H,28,32)(H,29,33). The Bertz CT molecular complexity index is 1390. The minimum absolute atomic E-state index is 0.196. The first kappa shape index (κ1) is 20.2. The van der Waals surface area contributed by atoms with Crippen LogP contribution >= 0.6 is 0 Å². The van der Waals surface area contributed by atoms with Crippen LogP contribution in [0.2, 0.25) is 0 Å². The second-order valence-corrected chi connectivity index (χ2v) is 7.52. The number of imidazole rings is 1. The number of rotatable bonds is 5. The van der Waals surface area contributed by atoms with Crippen LogP contribution in [-0.4, -0.2) is 21.2 Å². The zero-order chi connectivity index (χ0) is 22.6. The van der Waals surface area contributed by atoms with Crippen molar-refractivity contribution in [3.63, 3.8) is 0 Å². The van der Waals surface area contributed by atoms with Gasteiger partial charge in [0.25, 0.3) is 11.8 Å². The zero-order valence-corrected chi connectivity index (χ0v) is 17.6. The van der Waals surface area contributed by atoms with E-state index in [2.05, 4.69) is 15.6 Å². The molecule has 0 aliphatic rings. The first-order valence-corrected chi connectivity index (χ1v) is 10.5. The van der Waals surface area contributed by atoms with E-state index in [-0.39, 0.29) is 11.8 Å². The second kappa shape index (κ2) is 8.80. The van der Waals surface area contributed by atoms with E-state index in [1.165, 1.54) is 0 Å². The van der Waals surface area contributed by atoms with Crippen molar-refractivity contribution in [3.8, 4) is 11.3 Å². The lowest BCUT2D eigenvalue weighted by atomic mass is 10.1. The Morgan fingerprint density at radius 1 is 0.636 bits per heavy atom. The molecule has 0 fully saturated rings. The van der Waals surface area contributed by atoms with E-state index in [4.69, 9.17) is 0 Å². The molecule has 5 rings (SSSR count). The molecule has 3 aromatic carbocycles. The maximum atomic E-state index is 12.6. The summed E-state index contributed by atoms with van der Waals surface area (Å²) in [5, 5.41) is 5.72. The van der Waals surface area contributed by atoms with Crippen LogP contribution in [0.1, 0.15) is 20.7 Å². The SMILES string of the molecule is O=C(Nc1ccc(C(=O)Nc2ccc(-c3cn4ccccc4n3)cc2)cc1)c1ccccc1. The molecular weight excluding hydrogens is 412 g/mol. The molecular formula is C27H20N4O2. The molecule has 0 spiro atoms. The molecule has 0 radical (unpaired) electrons. The minimum Gasteiger partial charge on any atom is -0.322 e. The van der Waals surface area contributed by atoms with E-state index >= 15 is 0 Å². The molecule has 160 valence electrons. The van der Waals surface area contributed by atoms with Gasteiger partial charge in [0.2, 0.25) is 0 Å². The molecule has 2 aromatic heterocycles. The summed E-state index contributed by atoms with van der Waals surface area (Å²) < 4.78 is 1.97. The number of pyridine rings is 1. The number of hydrogen-bond donors (Lipinski definition) is 2. The van der Waals surface area contributed by atoms with Crippen LogP contribution in [0.3, 0.4) is 0 Å². The number of carbonyl (C=O) groups excluding carboxylic acids is 2. The summed E-state index contributed by atoms with van der Waals surface area (Å²) >= 11 is 0. The number of carbonyl (C=O) groups is 2. The quantitative estimate of drug-likeness (QED) is 0.385. The highest BCUT2D eigenvalue weighted by atomic mass is 16.2. The van der Waals surface area contributed by atoms with Gasteiger partial charge in [0.05, 0.1) is 5.69 Å². The summed E-state index contributed by atoms with van der Waals surface area (Å²) in [6, 6.07) is 29.2. The van der Waals surface area contributed by atoms with Crippen molar-refractivity contribution in [1.29, 1.82) is 0 Å². The lowest BCUT2D eigenvalue weighted by Crippen LogP contribution is -2.13. The summed E-state index contributed by atoms with van der Waals surface area (Å²) in [6.07, 6.45) is 3.93. The summed E-state index contributed by atoms with van der Waals surface area (Å²) in [6.45, 7) is 0. The van der Waals surface area contributed by atoms with Gasteiger partial charge in [-0.2, -0.15) is 0 Å². The lowest BCUT2D eigenvalue weighted by Gasteiger charge is -2.08. The first-order valence-electron chi connectivity index (χ1n) is 10.5. The van der Waals surface area contributed by atoms with Gasteiger partial charge in [-0.1, -0.05) is 36.4 Å². The van der Waals surface area contributed by atoms with Gasteiger partial charge in [0.15, 0.2) is 0 Å². The largest absolute Gasteiger partial charge is 0.322 e. The summed E-state index contributed by atoms with van der Waals surface area (Å²) in [4.78, 5) is 29.5. The van der Waals surface area contributed by atoms with E-state index in [1.54, 1.807) is 36.4 Å². The van der Waals surface area contributed by atoms with Crippen molar-refractivity contribution >= 4 is 28.8 Å². The zero-order valence-electron chi connectivity index (χ0n) is 17.6. The van der Waals surface area contributed by atoms with Crippen molar-refractivity contribution in [2.45, 2.75) is 0 Å². The van der Waals surface area contributed by atoms with Crippen molar-refractivity contribution < 1.29 is 9.59 Å². The molecule has 0 atom stereocenters.